The van der Waals surface area contributed by atoms with Gasteiger partial charge in [-0.3, -0.25) is 19.7 Å². The lowest BCUT2D eigenvalue weighted by molar-refractivity contribution is -0.385. The van der Waals surface area contributed by atoms with Crippen molar-refractivity contribution >= 4 is 33.2 Å². The number of carbonyl (C=O) groups excluding carboxylic acids is 2. The molecule has 3 aliphatic rings. The lowest BCUT2D eigenvalue weighted by Crippen LogP contribution is -2.45. The Balaban J connectivity index is 1.55. The zero-order chi connectivity index (χ0) is 35.5. The Morgan fingerprint density at radius 2 is 1.43 bits per heavy atom. The molecule has 256 valence electrons. The van der Waals surface area contributed by atoms with Gasteiger partial charge in [0.25, 0.3) is 0 Å². The van der Waals surface area contributed by atoms with Gasteiger partial charge < -0.3 is 9.64 Å². The van der Waals surface area contributed by atoms with Crippen LogP contribution < -0.4 is 4.74 Å². The maximum Gasteiger partial charge on any atom is 0.416 e. The second-order valence-electron chi connectivity index (χ2n) is 14.6. The molecule has 0 aromatic heterocycles. The summed E-state index contributed by atoms with van der Waals surface area (Å²) in [6.45, 7) is 8.76. The van der Waals surface area contributed by atoms with Crippen LogP contribution in [0.3, 0.4) is 0 Å². The fourth-order valence-corrected chi connectivity index (χ4v) is 7.77. The predicted molar refractivity (Wildman–Crippen MR) is 182 cm³/mol. The first-order valence-corrected chi connectivity index (χ1v) is 16.9. The third-order valence-electron chi connectivity index (χ3n) is 9.47. The Morgan fingerprint density at radius 3 is 1.98 bits per heavy atom. The molecular formula is C38H36BrF3N2O5. The molecule has 3 aromatic rings. The van der Waals surface area contributed by atoms with Crippen molar-refractivity contribution in [2.45, 2.75) is 71.9 Å². The highest BCUT2D eigenvalue weighted by Gasteiger charge is 2.49. The number of ether oxygens (including phenoxy) is 1. The van der Waals surface area contributed by atoms with Crippen molar-refractivity contribution in [2.75, 3.05) is 6.54 Å². The van der Waals surface area contributed by atoms with Crippen LogP contribution in [0.15, 0.2) is 93.7 Å². The van der Waals surface area contributed by atoms with E-state index in [0.717, 1.165) is 29.1 Å². The van der Waals surface area contributed by atoms with E-state index in [4.69, 9.17) is 4.74 Å². The summed E-state index contributed by atoms with van der Waals surface area (Å²) in [6, 6.07) is 17.0. The van der Waals surface area contributed by atoms with Crippen molar-refractivity contribution in [3.63, 3.8) is 0 Å². The Labute approximate surface area is 291 Å². The minimum atomic E-state index is -4.80. The zero-order valence-corrected chi connectivity index (χ0v) is 29.2. The number of ketones is 2. The maximum absolute atomic E-state index is 14.3. The predicted octanol–water partition coefficient (Wildman–Crippen LogP) is 10.1. The van der Waals surface area contributed by atoms with Gasteiger partial charge in [-0.25, -0.2) is 0 Å². The Kier molecular flexibility index (Phi) is 8.88. The van der Waals surface area contributed by atoms with Gasteiger partial charge in [0.15, 0.2) is 11.6 Å². The van der Waals surface area contributed by atoms with Gasteiger partial charge in [0, 0.05) is 63.9 Å². The molecular weight excluding hydrogens is 701 g/mol. The number of halogens is 4. The number of Topliss-reactive ketones (excluding diaryl/α,β-unsaturated/α-hetero) is 2. The Hall–Kier alpha value is -4.25. The monoisotopic (exact) mass is 736 g/mol. The lowest BCUT2D eigenvalue weighted by Gasteiger charge is -2.49. The third kappa shape index (κ3) is 6.95. The van der Waals surface area contributed by atoms with E-state index >= 15 is 0 Å². The average Bonchev–Trinajstić information content (AvgIpc) is 2.99. The average molecular weight is 738 g/mol. The molecule has 2 aliphatic carbocycles. The molecule has 1 aliphatic heterocycles. The van der Waals surface area contributed by atoms with Crippen LogP contribution >= 0.6 is 15.9 Å². The van der Waals surface area contributed by atoms with Crippen molar-refractivity contribution in [2.24, 2.45) is 10.8 Å². The van der Waals surface area contributed by atoms with Crippen LogP contribution in [0.5, 0.6) is 11.5 Å². The number of hydrogen-bond acceptors (Lipinski definition) is 6. The van der Waals surface area contributed by atoms with E-state index in [0.29, 0.717) is 53.1 Å². The number of nitro groups is 1. The second kappa shape index (κ2) is 12.6. The molecule has 0 fully saturated rings. The van der Waals surface area contributed by atoms with E-state index in [2.05, 4.69) is 60.7 Å². The number of alkyl halides is 3. The van der Waals surface area contributed by atoms with Crippen LogP contribution in [0, 0.1) is 20.9 Å². The normalized spacial score (nSPS) is 19.1. The summed E-state index contributed by atoms with van der Waals surface area (Å²) in [6.07, 6.45) is -2.43. The molecule has 0 amide bonds. The lowest BCUT2D eigenvalue weighted by atomic mass is 9.63. The summed E-state index contributed by atoms with van der Waals surface area (Å²) >= 11 is 3.52. The first kappa shape index (κ1) is 34.6. The fourth-order valence-electron chi connectivity index (χ4n) is 7.39. The number of nitro benzene ring substituents is 1. The number of nitrogens with zero attached hydrogens (tertiary/aromatic N) is 2. The van der Waals surface area contributed by atoms with Gasteiger partial charge in [0.05, 0.1) is 10.5 Å². The highest BCUT2D eigenvalue weighted by molar-refractivity contribution is 9.10. The summed E-state index contributed by atoms with van der Waals surface area (Å²) in [4.78, 5) is 41.9. The molecule has 0 saturated heterocycles. The van der Waals surface area contributed by atoms with Gasteiger partial charge in [-0.15, -0.1) is 0 Å². The quantitative estimate of drug-likeness (QED) is 0.177. The first-order valence-electron chi connectivity index (χ1n) is 16.1. The molecule has 7 nitrogen and oxygen atoms in total. The largest absolute Gasteiger partial charge is 0.450 e. The van der Waals surface area contributed by atoms with Gasteiger partial charge >= 0.3 is 11.9 Å². The van der Waals surface area contributed by atoms with Crippen LogP contribution in [0.1, 0.15) is 76.0 Å². The van der Waals surface area contributed by atoms with Crippen LogP contribution in [0.2, 0.25) is 0 Å². The minimum absolute atomic E-state index is 0.0998. The molecule has 0 radical (unpaired) electrons. The molecule has 0 saturated carbocycles. The van der Waals surface area contributed by atoms with E-state index in [1.54, 1.807) is 18.2 Å². The number of carbonyl (C=O) groups is 2. The third-order valence-corrected chi connectivity index (χ3v) is 9.97. The van der Waals surface area contributed by atoms with Gasteiger partial charge in [-0.2, -0.15) is 13.2 Å². The molecule has 3 aromatic carbocycles. The summed E-state index contributed by atoms with van der Waals surface area (Å²) in [7, 11) is 0. The van der Waals surface area contributed by atoms with Gasteiger partial charge in [-0.1, -0.05) is 74.0 Å². The number of benzene rings is 3. The summed E-state index contributed by atoms with van der Waals surface area (Å²) in [5, 5.41) is 12.0. The fraction of sp³-hybridized carbons (Fsp3) is 0.368. The van der Waals surface area contributed by atoms with Gasteiger partial charge in [-0.05, 0) is 66.0 Å². The van der Waals surface area contributed by atoms with Crippen molar-refractivity contribution < 1.29 is 32.4 Å². The van der Waals surface area contributed by atoms with E-state index in [1.807, 2.05) is 18.2 Å². The summed E-state index contributed by atoms with van der Waals surface area (Å²) < 4.78 is 47.1. The molecule has 0 unspecified atom stereocenters. The highest BCUT2D eigenvalue weighted by Crippen LogP contribution is 2.56. The first-order chi connectivity index (χ1) is 22.9. The number of allylic oxidation sites excluding steroid dienone is 4. The topological polar surface area (TPSA) is 89.8 Å². The molecule has 0 N–H and O–H groups in total. The standard InChI is InChI=1S/C38H36BrF3N2O5/c1-36(2)18-27-34(29(45)20-36)33(35-28(19-37(3,4)21-30(35)46)43(27)15-14-22-8-6-5-7-9-22)25-17-24(39)11-13-31(25)49-32-12-10-23(38(40,41)42)16-26(32)44(47)48/h5-13,16-17,33H,14-15,18-21H2,1-4H3. The molecule has 6 rings (SSSR count). The van der Waals surface area contributed by atoms with Crippen LogP contribution in [-0.2, 0) is 22.2 Å². The van der Waals surface area contributed by atoms with E-state index in [-0.39, 0.29) is 41.0 Å². The molecule has 11 heteroatoms. The maximum atomic E-state index is 14.3. The molecule has 0 atom stereocenters. The van der Waals surface area contributed by atoms with Crippen molar-refractivity contribution in [1.82, 2.24) is 4.90 Å². The molecule has 0 spiro atoms. The van der Waals surface area contributed by atoms with Crippen LogP contribution in [0.4, 0.5) is 18.9 Å². The van der Waals surface area contributed by atoms with Crippen molar-refractivity contribution in [3.8, 4) is 11.5 Å². The van der Waals surface area contributed by atoms with Crippen molar-refractivity contribution in [1.29, 1.82) is 0 Å². The summed E-state index contributed by atoms with van der Waals surface area (Å²) in [5.74, 6) is -1.33. The van der Waals surface area contributed by atoms with E-state index < -0.39 is 34.0 Å². The zero-order valence-electron chi connectivity index (χ0n) is 27.6. The molecule has 1 heterocycles. The number of hydrogen-bond donors (Lipinski definition) is 0. The number of rotatable bonds is 7. The van der Waals surface area contributed by atoms with Gasteiger partial charge in [0.1, 0.15) is 5.75 Å². The SMILES string of the molecule is CC1(C)CC(=O)C2=C(C1)N(CCc1ccccc1)C1=C(C(=O)CC(C)(C)C1)C2c1cc(Br)ccc1Oc1ccc(C(F)(F)F)cc1[N+](=O)[O-]. The Bertz CT molecular complexity index is 1880. The Morgan fingerprint density at radius 1 is 0.857 bits per heavy atom. The summed E-state index contributed by atoms with van der Waals surface area (Å²) in [5.41, 5.74) is 1.48. The smallest absolute Gasteiger partial charge is 0.416 e. The van der Waals surface area contributed by atoms with Crippen LogP contribution in [-0.4, -0.2) is 27.9 Å². The van der Waals surface area contributed by atoms with E-state index in [9.17, 15) is 32.9 Å². The van der Waals surface area contributed by atoms with Gasteiger partial charge in [0.2, 0.25) is 5.75 Å². The highest BCUT2D eigenvalue weighted by atomic mass is 79.9. The molecule has 0 bridgehead atoms. The van der Waals surface area contributed by atoms with Crippen LogP contribution in [0.25, 0.3) is 0 Å². The van der Waals surface area contributed by atoms with E-state index in [1.165, 1.54) is 0 Å². The van der Waals surface area contributed by atoms with Crippen molar-refractivity contribution in [3.05, 3.63) is 121 Å². The molecule has 49 heavy (non-hydrogen) atoms. The second-order valence-corrected chi connectivity index (χ2v) is 15.6. The minimum Gasteiger partial charge on any atom is -0.450 e.